The molecule has 2 fully saturated rings. The molecule has 0 unspecified atom stereocenters. The Kier molecular flexibility index (Phi) is 4.62. The summed E-state index contributed by atoms with van der Waals surface area (Å²) >= 11 is 0. The monoisotopic (exact) mass is 285 g/mol. The third kappa shape index (κ3) is 4.16. The molecule has 2 aliphatic rings. The Balaban J connectivity index is 1.74. The van der Waals surface area contributed by atoms with Crippen LogP contribution in [-0.4, -0.2) is 89.8 Å². The van der Waals surface area contributed by atoms with E-state index in [-0.39, 0.29) is 12.5 Å². The number of piperazine rings is 1. The molecule has 7 nitrogen and oxygen atoms in total. The van der Waals surface area contributed by atoms with Crippen LogP contribution in [0.15, 0.2) is 0 Å². The second-order valence-corrected chi connectivity index (χ2v) is 6.02. The van der Waals surface area contributed by atoms with Gasteiger partial charge in [0.1, 0.15) is 6.61 Å². The second-order valence-electron chi connectivity index (χ2n) is 6.02. The minimum absolute atomic E-state index is 0.191. The first-order valence-corrected chi connectivity index (χ1v) is 6.99. The summed E-state index contributed by atoms with van der Waals surface area (Å²) < 4.78 is 4.76. The summed E-state index contributed by atoms with van der Waals surface area (Å²) in [5, 5.41) is 9.79. The van der Waals surface area contributed by atoms with Gasteiger partial charge in [-0.05, 0) is 13.8 Å². The smallest absolute Gasteiger partial charge is 0.416 e. The zero-order valence-electron chi connectivity index (χ0n) is 12.2. The van der Waals surface area contributed by atoms with Crippen LogP contribution in [0.2, 0.25) is 0 Å². The predicted molar refractivity (Wildman–Crippen MR) is 72.2 cm³/mol. The van der Waals surface area contributed by atoms with Gasteiger partial charge in [-0.15, -0.1) is 0 Å². The molecule has 2 amide bonds. The van der Waals surface area contributed by atoms with Crippen molar-refractivity contribution < 1.29 is 19.4 Å². The topological polar surface area (TPSA) is 73.3 Å². The maximum Gasteiger partial charge on any atom is 0.416 e. The van der Waals surface area contributed by atoms with Gasteiger partial charge in [0.05, 0.1) is 18.7 Å². The Morgan fingerprint density at radius 2 is 1.80 bits per heavy atom. The SMILES string of the molecule is CC(C)(O)CN1CCN(CC(=O)N2CCOC2=O)CC1. The van der Waals surface area contributed by atoms with Crippen molar-refractivity contribution in [1.29, 1.82) is 0 Å². The number of imide groups is 1. The number of cyclic esters (lactones) is 1. The summed E-state index contributed by atoms with van der Waals surface area (Å²) in [4.78, 5) is 28.7. The van der Waals surface area contributed by atoms with Crippen molar-refractivity contribution in [2.45, 2.75) is 19.4 Å². The Morgan fingerprint density at radius 3 is 2.30 bits per heavy atom. The van der Waals surface area contributed by atoms with Gasteiger partial charge in [-0.25, -0.2) is 9.69 Å². The summed E-state index contributed by atoms with van der Waals surface area (Å²) in [5.41, 5.74) is -0.697. The number of amides is 2. The van der Waals surface area contributed by atoms with Gasteiger partial charge >= 0.3 is 6.09 Å². The van der Waals surface area contributed by atoms with E-state index >= 15 is 0 Å². The Hall–Kier alpha value is -1.18. The number of aliphatic hydroxyl groups is 1. The molecule has 0 radical (unpaired) electrons. The fourth-order valence-corrected chi connectivity index (χ4v) is 2.55. The normalized spacial score (nSPS) is 22.1. The third-order valence-electron chi connectivity index (χ3n) is 3.50. The number of carbonyl (C=O) groups excluding carboxylic acids is 2. The molecule has 0 saturated carbocycles. The van der Waals surface area contributed by atoms with Crippen LogP contribution in [0.5, 0.6) is 0 Å². The van der Waals surface area contributed by atoms with E-state index in [9.17, 15) is 14.7 Å². The highest BCUT2D eigenvalue weighted by Gasteiger charge is 2.30. The van der Waals surface area contributed by atoms with Crippen molar-refractivity contribution >= 4 is 12.0 Å². The standard InChI is InChI=1S/C13H23N3O4/c1-13(2,19)10-15-5-3-14(4-6-15)9-11(17)16-7-8-20-12(16)18/h19H,3-10H2,1-2H3. The van der Waals surface area contributed by atoms with E-state index in [0.29, 0.717) is 19.7 Å². The van der Waals surface area contributed by atoms with Crippen molar-refractivity contribution in [2.75, 3.05) is 52.4 Å². The number of rotatable bonds is 4. The molecule has 0 aliphatic carbocycles. The molecule has 114 valence electrons. The van der Waals surface area contributed by atoms with Crippen molar-refractivity contribution in [1.82, 2.24) is 14.7 Å². The molecule has 7 heteroatoms. The lowest BCUT2D eigenvalue weighted by Crippen LogP contribution is -2.52. The van der Waals surface area contributed by atoms with Crippen molar-refractivity contribution in [3.05, 3.63) is 0 Å². The molecular formula is C13H23N3O4. The first-order chi connectivity index (χ1) is 9.35. The first kappa shape index (κ1) is 15.2. The number of carbonyl (C=O) groups is 2. The van der Waals surface area contributed by atoms with Crippen LogP contribution >= 0.6 is 0 Å². The molecule has 0 bridgehead atoms. The van der Waals surface area contributed by atoms with Gasteiger partial charge in [0.15, 0.2) is 0 Å². The lowest BCUT2D eigenvalue weighted by atomic mass is 10.1. The maximum atomic E-state index is 12.0. The lowest BCUT2D eigenvalue weighted by molar-refractivity contribution is -0.129. The Bertz CT molecular complexity index is 372. The molecule has 2 heterocycles. The fourth-order valence-electron chi connectivity index (χ4n) is 2.55. The van der Waals surface area contributed by atoms with Gasteiger partial charge in [-0.3, -0.25) is 14.6 Å². The van der Waals surface area contributed by atoms with Crippen LogP contribution in [0.25, 0.3) is 0 Å². The molecular weight excluding hydrogens is 262 g/mol. The number of hydrogen-bond acceptors (Lipinski definition) is 6. The molecule has 0 aromatic rings. The predicted octanol–water partition coefficient (Wildman–Crippen LogP) is -0.646. The molecule has 0 atom stereocenters. The van der Waals surface area contributed by atoms with Gasteiger partial charge < -0.3 is 9.84 Å². The van der Waals surface area contributed by atoms with E-state index in [1.54, 1.807) is 13.8 Å². The number of hydrogen-bond donors (Lipinski definition) is 1. The summed E-state index contributed by atoms with van der Waals surface area (Å²) in [5.74, 6) is -0.191. The number of ether oxygens (including phenoxy) is 1. The van der Waals surface area contributed by atoms with E-state index in [1.165, 1.54) is 4.90 Å². The molecule has 1 N–H and O–H groups in total. The molecule has 2 aliphatic heterocycles. The number of nitrogens with zero attached hydrogens (tertiary/aromatic N) is 3. The van der Waals surface area contributed by atoms with Crippen molar-refractivity contribution in [3.8, 4) is 0 Å². The van der Waals surface area contributed by atoms with E-state index in [0.717, 1.165) is 26.2 Å². The van der Waals surface area contributed by atoms with Gasteiger partial charge in [0.25, 0.3) is 0 Å². The zero-order chi connectivity index (χ0) is 14.8. The largest absolute Gasteiger partial charge is 0.447 e. The van der Waals surface area contributed by atoms with Crippen LogP contribution in [0.3, 0.4) is 0 Å². The average Bonchev–Trinajstić information content (AvgIpc) is 2.76. The zero-order valence-corrected chi connectivity index (χ0v) is 12.2. The Labute approximate surface area is 119 Å². The minimum atomic E-state index is -0.697. The van der Waals surface area contributed by atoms with Gasteiger partial charge in [-0.1, -0.05) is 0 Å². The molecule has 20 heavy (non-hydrogen) atoms. The molecule has 2 saturated heterocycles. The van der Waals surface area contributed by atoms with Crippen LogP contribution in [0.1, 0.15) is 13.8 Å². The van der Waals surface area contributed by atoms with E-state index < -0.39 is 11.7 Å². The van der Waals surface area contributed by atoms with E-state index in [4.69, 9.17) is 4.74 Å². The van der Waals surface area contributed by atoms with Gasteiger partial charge in [0, 0.05) is 32.7 Å². The van der Waals surface area contributed by atoms with Gasteiger partial charge in [0.2, 0.25) is 5.91 Å². The summed E-state index contributed by atoms with van der Waals surface area (Å²) in [6.07, 6.45) is -0.532. The average molecular weight is 285 g/mol. The van der Waals surface area contributed by atoms with Crippen LogP contribution < -0.4 is 0 Å². The Morgan fingerprint density at radius 1 is 1.20 bits per heavy atom. The second kappa shape index (κ2) is 6.07. The number of β-amino-alcohol motifs (C(OH)–C–C–N with tert-alkyl or cyclic N) is 1. The molecule has 2 rings (SSSR count). The lowest BCUT2D eigenvalue weighted by Gasteiger charge is -2.37. The minimum Gasteiger partial charge on any atom is -0.447 e. The third-order valence-corrected chi connectivity index (χ3v) is 3.50. The van der Waals surface area contributed by atoms with Crippen LogP contribution in [0, 0.1) is 0 Å². The molecule has 0 spiro atoms. The molecule has 0 aromatic carbocycles. The fraction of sp³-hybridized carbons (Fsp3) is 0.846. The van der Waals surface area contributed by atoms with E-state index in [2.05, 4.69) is 4.90 Å². The van der Waals surface area contributed by atoms with Crippen molar-refractivity contribution in [2.24, 2.45) is 0 Å². The highest BCUT2D eigenvalue weighted by molar-refractivity contribution is 5.94. The quantitative estimate of drug-likeness (QED) is 0.740. The van der Waals surface area contributed by atoms with Crippen LogP contribution in [-0.2, 0) is 9.53 Å². The maximum absolute atomic E-state index is 12.0. The van der Waals surface area contributed by atoms with Crippen molar-refractivity contribution in [3.63, 3.8) is 0 Å². The van der Waals surface area contributed by atoms with Gasteiger partial charge in [-0.2, -0.15) is 0 Å². The van der Waals surface area contributed by atoms with E-state index in [1.807, 2.05) is 4.90 Å². The first-order valence-electron chi connectivity index (χ1n) is 6.99. The summed E-state index contributed by atoms with van der Waals surface area (Å²) in [6, 6.07) is 0. The highest BCUT2D eigenvalue weighted by atomic mass is 16.6. The summed E-state index contributed by atoms with van der Waals surface area (Å²) in [6.45, 7) is 8.31. The summed E-state index contributed by atoms with van der Waals surface area (Å²) in [7, 11) is 0. The highest BCUT2D eigenvalue weighted by Crippen LogP contribution is 2.10. The van der Waals surface area contributed by atoms with Crippen LogP contribution in [0.4, 0.5) is 4.79 Å². The molecule has 0 aromatic heterocycles.